The largest absolute Gasteiger partial charge is 0.497 e. The highest BCUT2D eigenvalue weighted by atomic mass is 16.5. The zero-order valence-electron chi connectivity index (χ0n) is 11.9. The van der Waals surface area contributed by atoms with Crippen molar-refractivity contribution in [3.05, 3.63) is 23.8 Å². The maximum atomic E-state index is 10.4. The van der Waals surface area contributed by atoms with E-state index >= 15 is 0 Å². The van der Waals surface area contributed by atoms with Crippen molar-refractivity contribution in [2.45, 2.75) is 19.4 Å². The van der Waals surface area contributed by atoms with Gasteiger partial charge in [0, 0.05) is 18.7 Å². The highest BCUT2D eigenvalue weighted by molar-refractivity contribution is 5.41. The molecule has 1 saturated heterocycles. The molecule has 0 bridgehead atoms. The van der Waals surface area contributed by atoms with Crippen LogP contribution in [0, 0.1) is 5.92 Å². The van der Waals surface area contributed by atoms with E-state index in [1.807, 2.05) is 18.2 Å². The average Bonchev–Trinajstić information content (AvgIpc) is 2.83. The number of nitrogens with zero attached hydrogens (tertiary/aromatic N) is 1. The van der Waals surface area contributed by atoms with Gasteiger partial charge in [0.05, 0.1) is 20.3 Å². The fourth-order valence-corrected chi connectivity index (χ4v) is 2.63. The van der Waals surface area contributed by atoms with E-state index in [0.29, 0.717) is 12.3 Å². The van der Waals surface area contributed by atoms with Crippen LogP contribution in [0.5, 0.6) is 11.5 Å². The zero-order chi connectivity index (χ0) is 13.8. The summed E-state index contributed by atoms with van der Waals surface area (Å²) in [5, 5.41) is 10.4. The van der Waals surface area contributed by atoms with Gasteiger partial charge in [0.25, 0.3) is 0 Å². The molecule has 0 aromatic heterocycles. The van der Waals surface area contributed by atoms with Crippen molar-refractivity contribution < 1.29 is 14.6 Å². The van der Waals surface area contributed by atoms with E-state index in [0.717, 1.165) is 30.3 Å². The highest BCUT2D eigenvalue weighted by Gasteiger charge is 2.23. The van der Waals surface area contributed by atoms with E-state index in [1.165, 1.54) is 6.42 Å². The average molecular weight is 265 g/mol. The lowest BCUT2D eigenvalue weighted by Gasteiger charge is -2.21. The SMILES string of the molecule is COc1ccc(OC)c(C(O)CN2CCC(C)C2)c1. The van der Waals surface area contributed by atoms with E-state index < -0.39 is 6.10 Å². The van der Waals surface area contributed by atoms with E-state index in [4.69, 9.17) is 9.47 Å². The van der Waals surface area contributed by atoms with Crippen LogP contribution in [0.15, 0.2) is 18.2 Å². The molecule has 1 N–H and O–H groups in total. The molecule has 1 fully saturated rings. The molecular formula is C15H23NO3. The van der Waals surface area contributed by atoms with Gasteiger partial charge in [-0.15, -0.1) is 0 Å². The number of hydrogen-bond acceptors (Lipinski definition) is 4. The molecule has 1 heterocycles. The molecule has 0 aliphatic carbocycles. The molecule has 0 spiro atoms. The summed E-state index contributed by atoms with van der Waals surface area (Å²) in [5.74, 6) is 2.17. The maximum Gasteiger partial charge on any atom is 0.124 e. The third kappa shape index (κ3) is 3.39. The van der Waals surface area contributed by atoms with Gasteiger partial charge in [0.15, 0.2) is 0 Å². The van der Waals surface area contributed by atoms with Crippen LogP contribution in [0.1, 0.15) is 25.0 Å². The molecule has 0 amide bonds. The van der Waals surface area contributed by atoms with Gasteiger partial charge in [-0.05, 0) is 37.1 Å². The van der Waals surface area contributed by atoms with Crippen LogP contribution in [0.3, 0.4) is 0 Å². The summed E-state index contributed by atoms with van der Waals surface area (Å²) in [6.45, 7) is 5.01. The van der Waals surface area contributed by atoms with E-state index in [9.17, 15) is 5.11 Å². The fourth-order valence-electron chi connectivity index (χ4n) is 2.63. The predicted octanol–water partition coefficient (Wildman–Crippen LogP) is 2.08. The zero-order valence-corrected chi connectivity index (χ0v) is 11.9. The van der Waals surface area contributed by atoms with Gasteiger partial charge in [-0.25, -0.2) is 0 Å². The smallest absolute Gasteiger partial charge is 0.124 e. The first-order chi connectivity index (χ1) is 9.13. The van der Waals surface area contributed by atoms with Crippen molar-refractivity contribution in [1.82, 2.24) is 4.90 Å². The third-order valence-electron chi connectivity index (χ3n) is 3.74. The number of likely N-dealkylation sites (tertiary alicyclic amines) is 1. The molecule has 1 aliphatic rings. The number of β-amino-alcohol motifs (C(OH)–C–C–N with tert-alkyl or cyclic N) is 1. The molecule has 1 aromatic rings. The van der Waals surface area contributed by atoms with Gasteiger partial charge in [-0.2, -0.15) is 0 Å². The molecule has 2 atom stereocenters. The van der Waals surface area contributed by atoms with Gasteiger partial charge in [0.1, 0.15) is 11.5 Å². The van der Waals surface area contributed by atoms with E-state index in [1.54, 1.807) is 14.2 Å². The quantitative estimate of drug-likeness (QED) is 0.885. The lowest BCUT2D eigenvalue weighted by atomic mass is 10.1. The number of aliphatic hydroxyl groups is 1. The Kier molecular flexibility index (Phi) is 4.66. The molecule has 1 aliphatic heterocycles. The first-order valence-electron chi connectivity index (χ1n) is 6.76. The van der Waals surface area contributed by atoms with Crippen LogP contribution in [0.2, 0.25) is 0 Å². The van der Waals surface area contributed by atoms with E-state index in [2.05, 4.69) is 11.8 Å². The Morgan fingerprint density at radius 1 is 1.37 bits per heavy atom. The van der Waals surface area contributed by atoms with Crippen LogP contribution < -0.4 is 9.47 Å². The highest BCUT2D eigenvalue weighted by Crippen LogP contribution is 2.30. The van der Waals surface area contributed by atoms with Crippen molar-refractivity contribution >= 4 is 0 Å². The molecule has 2 rings (SSSR count). The number of aliphatic hydroxyl groups excluding tert-OH is 1. The van der Waals surface area contributed by atoms with Crippen molar-refractivity contribution in [2.75, 3.05) is 33.9 Å². The van der Waals surface area contributed by atoms with Crippen LogP contribution in [0.25, 0.3) is 0 Å². The summed E-state index contributed by atoms with van der Waals surface area (Å²) in [4.78, 5) is 2.30. The predicted molar refractivity (Wildman–Crippen MR) is 74.7 cm³/mol. The van der Waals surface area contributed by atoms with Gasteiger partial charge in [0.2, 0.25) is 0 Å². The topological polar surface area (TPSA) is 41.9 Å². The molecule has 4 nitrogen and oxygen atoms in total. The van der Waals surface area contributed by atoms with Gasteiger partial charge in [-0.3, -0.25) is 0 Å². The van der Waals surface area contributed by atoms with Gasteiger partial charge in [-0.1, -0.05) is 6.92 Å². The number of rotatable bonds is 5. The van der Waals surface area contributed by atoms with Crippen molar-refractivity contribution in [3.8, 4) is 11.5 Å². The second-order valence-electron chi connectivity index (χ2n) is 5.28. The second-order valence-corrected chi connectivity index (χ2v) is 5.28. The van der Waals surface area contributed by atoms with Gasteiger partial charge >= 0.3 is 0 Å². The summed E-state index contributed by atoms with van der Waals surface area (Å²) < 4.78 is 10.5. The number of methoxy groups -OCH3 is 2. The molecule has 106 valence electrons. The van der Waals surface area contributed by atoms with Gasteiger partial charge < -0.3 is 19.5 Å². The molecule has 0 radical (unpaired) electrons. The Hall–Kier alpha value is -1.26. The standard InChI is InChI=1S/C15H23NO3/c1-11-6-7-16(9-11)10-14(17)13-8-12(18-2)4-5-15(13)19-3/h4-5,8,11,14,17H,6-7,9-10H2,1-3H3. The number of ether oxygens (including phenoxy) is 2. The minimum atomic E-state index is -0.546. The summed E-state index contributed by atoms with van der Waals surface area (Å²) in [6.07, 6.45) is 0.664. The molecule has 19 heavy (non-hydrogen) atoms. The fraction of sp³-hybridized carbons (Fsp3) is 0.600. The summed E-state index contributed by atoms with van der Waals surface area (Å²) in [6, 6.07) is 5.53. The molecule has 2 unspecified atom stereocenters. The van der Waals surface area contributed by atoms with Crippen LogP contribution >= 0.6 is 0 Å². The molecule has 0 saturated carbocycles. The van der Waals surface area contributed by atoms with Crippen molar-refractivity contribution in [2.24, 2.45) is 5.92 Å². The number of hydrogen-bond donors (Lipinski definition) is 1. The summed E-state index contributed by atoms with van der Waals surface area (Å²) >= 11 is 0. The Labute approximate surface area is 114 Å². The molecule has 1 aromatic carbocycles. The lowest BCUT2D eigenvalue weighted by Crippen LogP contribution is -2.26. The van der Waals surface area contributed by atoms with E-state index in [-0.39, 0.29) is 0 Å². The lowest BCUT2D eigenvalue weighted by molar-refractivity contribution is 0.121. The first-order valence-corrected chi connectivity index (χ1v) is 6.76. The first kappa shape index (κ1) is 14.2. The Balaban J connectivity index is 2.10. The minimum Gasteiger partial charge on any atom is -0.497 e. The number of benzene rings is 1. The Bertz CT molecular complexity index is 422. The van der Waals surface area contributed by atoms with Crippen LogP contribution in [-0.2, 0) is 0 Å². The van der Waals surface area contributed by atoms with Crippen molar-refractivity contribution in [1.29, 1.82) is 0 Å². The monoisotopic (exact) mass is 265 g/mol. The maximum absolute atomic E-state index is 10.4. The summed E-state index contributed by atoms with van der Waals surface area (Å²) in [5.41, 5.74) is 0.793. The Morgan fingerprint density at radius 2 is 2.16 bits per heavy atom. The second kappa shape index (κ2) is 6.26. The summed E-state index contributed by atoms with van der Waals surface area (Å²) in [7, 11) is 3.25. The molecule has 4 heteroatoms. The van der Waals surface area contributed by atoms with Crippen LogP contribution in [0.4, 0.5) is 0 Å². The molecular weight excluding hydrogens is 242 g/mol. The minimum absolute atomic E-state index is 0.546. The Morgan fingerprint density at radius 3 is 2.74 bits per heavy atom. The van der Waals surface area contributed by atoms with Crippen LogP contribution in [-0.4, -0.2) is 43.9 Å². The third-order valence-corrected chi connectivity index (χ3v) is 3.74. The van der Waals surface area contributed by atoms with Crippen molar-refractivity contribution in [3.63, 3.8) is 0 Å². The normalized spacial score (nSPS) is 21.4.